The van der Waals surface area contributed by atoms with E-state index in [0.717, 1.165) is 16.4 Å². The van der Waals surface area contributed by atoms with E-state index in [1.165, 1.54) is 23.0 Å². The maximum atomic E-state index is 13.9. The van der Waals surface area contributed by atoms with Gasteiger partial charge in [0.05, 0.1) is 49.9 Å². The number of aromatic nitrogens is 5. The van der Waals surface area contributed by atoms with E-state index in [9.17, 15) is 28.2 Å². The molecule has 0 bridgehead atoms. The quantitative estimate of drug-likeness (QED) is 0.152. The number of aliphatic hydroxyl groups is 3. The molecule has 0 unspecified atom stereocenters. The van der Waals surface area contributed by atoms with Gasteiger partial charge in [-0.3, -0.25) is 13.9 Å². The summed E-state index contributed by atoms with van der Waals surface area (Å²) in [4.78, 5) is 21.2. The van der Waals surface area contributed by atoms with E-state index in [0.29, 0.717) is 30.8 Å². The Balaban J connectivity index is 1.62. The van der Waals surface area contributed by atoms with Gasteiger partial charge in [-0.2, -0.15) is 18.3 Å². The highest BCUT2D eigenvalue weighted by atomic mass is 19.4. The van der Waals surface area contributed by atoms with E-state index in [1.54, 1.807) is 18.2 Å². The average Bonchev–Trinajstić information content (AvgIpc) is 3.59. The summed E-state index contributed by atoms with van der Waals surface area (Å²) in [6, 6.07) is 3.93. The molecular weight excluding hydrogens is 547 g/mol. The zero-order chi connectivity index (χ0) is 29.6. The number of hydrogen-bond acceptors (Lipinski definition) is 9. The Morgan fingerprint density at radius 2 is 1.90 bits per heavy atom. The van der Waals surface area contributed by atoms with Gasteiger partial charge in [-0.1, -0.05) is 6.92 Å². The zero-order valence-corrected chi connectivity index (χ0v) is 22.2. The molecule has 3 N–H and O–H groups in total. The molecule has 0 saturated carbocycles. The molecule has 0 fully saturated rings. The first kappa shape index (κ1) is 30.1. The Morgan fingerprint density at radius 1 is 1.12 bits per heavy atom. The number of hydrogen-bond donors (Lipinski definition) is 3. The lowest BCUT2D eigenvalue weighted by molar-refractivity contribution is -0.141. The van der Waals surface area contributed by atoms with E-state index in [1.807, 2.05) is 6.92 Å². The Bertz CT molecular complexity index is 1480. The highest BCUT2D eigenvalue weighted by Gasteiger charge is 2.39. The molecule has 220 valence electrons. The van der Waals surface area contributed by atoms with Crippen molar-refractivity contribution >= 4 is 11.4 Å². The van der Waals surface area contributed by atoms with E-state index in [2.05, 4.69) is 15.1 Å². The number of Topliss-reactive ketones (excluding diaryl/α,β-unsaturated/α-hetero) is 1. The number of alkyl halides is 3. The molecule has 0 amide bonds. The number of fused-ring (bicyclic) bond motifs is 1. The maximum absolute atomic E-state index is 13.9. The monoisotopic (exact) mass is 577 g/mol. The van der Waals surface area contributed by atoms with Crippen molar-refractivity contribution in [3.05, 3.63) is 59.8 Å². The third kappa shape index (κ3) is 6.73. The van der Waals surface area contributed by atoms with Gasteiger partial charge >= 0.3 is 6.18 Å². The molecule has 4 rings (SSSR count). The average molecular weight is 578 g/mol. The largest absolute Gasteiger partial charge is 0.436 e. The first-order valence-corrected chi connectivity index (χ1v) is 12.9. The maximum Gasteiger partial charge on any atom is 0.435 e. The lowest BCUT2D eigenvalue weighted by Crippen LogP contribution is -2.18. The van der Waals surface area contributed by atoms with Crippen LogP contribution in [0.5, 0.6) is 11.6 Å². The van der Waals surface area contributed by atoms with Crippen molar-refractivity contribution in [3.8, 4) is 22.9 Å². The summed E-state index contributed by atoms with van der Waals surface area (Å²) in [5.74, 6) is 0.350. The number of benzene rings is 1. The number of nitrogens with zero attached hydrogens (tertiary/aromatic N) is 5. The number of aryl methyl sites for hydroxylation is 1. The highest BCUT2D eigenvalue weighted by molar-refractivity contribution is 5.97. The molecule has 11 nitrogen and oxygen atoms in total. The molecule has 0 spiro atoms. The van der Waals surface area contributed by atoms with Crippen LogP contribution in [0.3, 0.4) is 0 Å². The van der Waals surface area contributed by atoms with Gasteiger partial charge in [-0.25, -0.2) is 9.97 Å². The van der Waals surface area contributed by atoms with Gasteiger partial charge in [0.2, 0.25) is 5.65 Å². The van der Waals surface area contributed by atoms with Crippen molar-refractivity contribution < 1.29 is 42.8 Å². The van der Waals surface area contributed by atoms with Crippen molar-refractivity contribution in [1.29, 1.82) is 0 Å². The molecule has 1 aromatic carbocycles. The van der Waals surface area contributed by atoms with Crippen LogP contribution in [0.15, 0.2) is 43.0 Å². The molecule has 0 aliphatic rings. The summed E-state index contributed by atoms with van der Waals surface area (Å²) in [5.41, 5.74) is 0.00973. The standard InChI is InChI=1S/C27H30F3N5O6/c1-2-17-12-19(5-6-20(17)23(39)4-3-10-40-11-9-36)41-26-25-32-13-22(34(25)8-7-31-26)21-14-35(18(15-37)16-38)33-24(21)27(28,29)30/h5-8,12-14,18,36-38H,2-4,9-11,15-16H2,1H3. The summed E-state index contributed by atoms with van der Waals surface area (Å²) >= 11 is 0. The molecule has 4 aromatic rings. The van der Waals surface area contributed by atoms with Gasteiger partial charge in [0.1, 0.15) is 5.75 Å². The van der Waals surface area contributed by atoms with Crippen LogP contribution < -0.4 is 4.74 Å². The van der Waals surface area contributed by atoms with Crippen molar-refractivity contribution in [2.24, 2.45) is 0 Å². The number of imidazole rings is 1. The lowest BCUT2D eigenvalue weighted by Gasteiger charge is -2.11. The van der Waals surface area contributed by atoms with Crippen LogP contribution in [0.25, 0.3) is 16.9 Å². The molecule has 0 aliphatic carbocycles. The zero-order valence-electron chi connectivity index (χ0n) is 22.2. The number of ketones is 1. The predicted octanol–water partition coefficient (Wildman–Crippen LogP) is 3.46. The van der Waals surface area contributed by atoms with Crippen LogP contribution in [0.4, 0.5) is 13.2 Å². The molecule has 0 saturated heterocycles. The molecular formula is C27H30F3N5O6. The van der Waals surface area contributed by atoms with Crippen LogP contribution in [0, 0.1) is 0 Å². The summed E-state index contributed by atoms with van der Waals surface area (Å²) in [6.07, 6.45) is 1.66. The predicted molar refractivity (Wildman–Crippen MR) is 140 cm³/mol. The van der Waals surface area contributed by atoms with Crippen LogP contribution in [0.2, 0.25) is 0 Å². The minimum absolute atomic E-state index is 0.0328. The first-order chi connectivity index (χ1) is 19.7. The van der Waals surface area contributed by atoms with Crippen molar-refractivity contribution in [1.82, 2.24) is 24.1 Å². The number of carbonyl (C=O) groups is 1. The summed E-state index contributed by atoms with van der Waals surface area (Å²) < 4.78 is 55.0. The molecule has 0 aliphatic heterocycles. The Labute approximate surface area is 232 Å². The van der Waals surface area contributed by atoms with Gasteiger partial charge in [0.15, 0.2) is 11.5 Å². The number of ether oxygens (including phenoxy) is 2. The second-order valence-electron chi connectivity index (χ2n) is 9.09. The van der Waals surface area contributed by atoms with Gasteiger partial charge < -0.3 is 24.8 Å². The Morgan fingerprint density at radius 3 is 2.59 bits per heavy atom. The fourth-order valence-electron chi connectivity index (χ4n) is 4.31. The second-order valence-corrected chi connectivity index (χ2v) is 9.09. The fraction of sp³-hybridized carbons (Fsp3) is 0.407. The Hall–Kier alpha value is -3.85. The van der Waals surface area contributed by atoms with E-state index in [4.69, 9.17) is 14.6 Å². The molecule has 0 radical (unpaired) electrons. The number of rotatable bonds is 14. The smallest absolute Gasteiger partial charge is 0.435 e. The third-order valence-corrected chi connectivity index (χ3v) is 6.37. The van der Waals surface area contributed by atoms with Crippen molar-refractivity contribution in [3.63, 3.8) is 0 Å². The topological polar surface area (TPSA) is 144 Å². The van der Waals surface area contributed by atoms with E-state index in [-0.39, 0.29) is 48.2 Å². The van der Waals surface area contributed by atoms with Gasteiger partial charge in [-0.15, -0.1) is 0 Å². The number of aliphatic hydroxyl groups excluding tert-OH is 3. The molecule has 3 aromatic heterocycles. The van der Waals surface area contributed by atoms with E-state index < -0.39 is 31.1 Å². The fourth-order valence-corrected chi connectivity index (χ4v) is 4.31. The molecule has 41 heavy (non-hydrogen) atoms. The van der Waals surface area contributed by atoms with Gasteiger partial charge in [-0.05, 0) is 36.6 Å². The normalized spacial score (nSPS) is 12.0. The summed E-state index contributed by atoms with van der Waals surface area (Å²) in [5, 5.41) is 31.2. The second kappa shape index (κ2) is 13.2. The minimum atomic E-state index is -4.81. The molecule has 14 heteroatoms. The first-order valence-electron chi connectivity index (χ1n) is 12.9. The van der Waals surface area contributed by atoms with Crippen molar-refractivity contribution in [2.45, 2.75) is 38.4 Å². The highest BCUT2D eigenvalue weighted by Crippen LogP contribution is 2.38. The van der Waals surface area contributed by atoms with Gasteiger partial charge in [0, 0.05) is 37.2 Å². The van der Waals surface area contributed by atoms with Crippen LogP contribution >= 0.6 is 0 Å². The van der Waals surface area contributed by atoms with Crippen LogP contribution in [-0.2, 0) is 17.3 Å². The molecule has 0 atom stereocenters. The number of halogens is 3. The SMILES string of the molecule is CCc1cc(Oc2nccn3c(-c4cn(C(CO)CO)nc4C(F)(F)F)cnc23)ccc1C(=O)CCCOCCO. The molecule has 3 heterocycles. The minimum Gasteiger partial charge on any atom is -0.436 e. The number of carbonyl (C=O) groups excluding carboxylic acids is 1. The summed E-state index contributed by atoms with van der Waals surface area (Å²) in [7, 11) is 0. The lowest BCUT2D eigenvalue weighted by atomic mass is 9.98. The summed E-state index contributed by atoms with van der Waals surface area (Å²) in [6.45, 7) is 1.20. The van der Waals surface area contributed by atoms with E-state index >= 15 is 0 Å². The third-order valence-electron chi connectivity index (χ3n) is 6.37. The van der Waals surface area contributed by atoms with Crippen LogP contribution in [-0.4, -0.2) is 78.3 Å². The van der Waals surface area contributed by atoms with Gasteiger partial charge in [0.25, 0.3) is 5.88 Å². The van der Waals surface area contributed by atoms with Crippen LogP contribution in [0.1, 0.15) is 47.4 Å². The Kier molecular flexibility index (Phi) is 9.70. The van der Waals surface area contributed by atoms with Crippen molar-refractivity contribution in [2.75, 3.05) is 33.0 Å².